The molecular weight excluding hydrogens is 258 g/mol. The van der Waals surface area contributed by atoms with Crippen LogP contribution in [0.2, 0.25) is 0 Å². The number of para-hydroxylation sites is 1. The summed E-state index contributed by atoms with van der Waals surface area (Å²) in [6.45, 7) is -0.000231. The van der Waals surface area contributed by atoms with E-state index in [4.69, 9.17) is 0 Å². The first-order chi connectivity index (χ1) is 8.97. The SMILES string of the molecule is Fc1ccc(C(F)(F)F)cc1CNc1ccccc1. The van der Waals surface area contributed by atoms with Crippen molar-refractivity contribution in [2.75, 3.05) is 5.32 Å². The zero-order valence-corrected chi connectivity index (χ0v) is 9.84. The lowest BCUT2D eigenvalue weighted by molar-refractivity contribution is -0.137. The monoisotopic (exact) mass is 269 g/mol. The molecule has 0 bridgehead atoms. The topological polar surface area (TPSA) is 12.0 Å². The average Bonchev–Trinajstić information content (AvgIpc) is 2.37. The van der Waals surface area contributed by atoms with Gasteiger partial charge in [-0.3, -0.25) is 0 Å². The lowest BCUT2D eigenvalue weighted by Gasteiger charge is -2.11. The van der Waals surface area contributed by atoms with E-state index in [0.29, 0.717) is 0 Å². The highest BCUT2D eigenvalue weighted by Crippen LogP contribution is 2.30. The number of hydrogen-bond acceptors (Lipinski definition) is 1. The Morgan fingerprint density at radius 2 is 1.63 bits per heavy atom. The van der Waals surface area contributed by atoms with E-state index >= 15 is 0 Å². The van der Waals surface area contributed by atoms with Crippen LogP contribution in [0.3, 0.4) is 0 Å². The van der Waals surface area contributed by atoms with Crippen LogP contribution < -0.4 is 5.32 Å². The summed E-state index contributed by atoms with van der Waals surface area (Å²) in [6.07, 6.45) is -4.46. The Kier molecular flexibility index (Phi) is 3.74. The molecule has 1 N–H and O–H groups in total. The Balaban J connectivity index is 2.16. The Morgan fingerprint density at radius 3 is 2.26 bits per heavy atom. The van der Waals surface area contributed by atoms with E-state index in [0.717, 1.165) is 23.9 Å². The van der Waals surface area contributed by atoms with Gasteiger partial charge in [-0.05, 0) is 30.3 Å². The molecule has 0 aliphatic carbocycles. The molecule has 0 amide bonds. The van der Waals surface area contributed by atoms with Crippen LogP contribution in [0.15, 0.2) is 48.5 Å². The summed E-state index contributed by atoms with van der Waals surface area (Å²) >= 11 is 0. The number of nitrogens with one attached hydrogen (secondary N) is 1. The van der Waals surface area contributed by atoms with Crippen molar-refractivity contribution in [1.82, 2.24) is 0 Å². The largest absolute Gasteiger partial charge is 0.416 e. The normalized spacial score (nSPS) is 11.4. The molecule has 0 saturated carbocycles. The molecule has 2 aromatic rings. The zero-order chi connectivity index (χ0) is 13.9. The van der Waals surface area contributed by atoms with Crippen LogP contribution in [-0.4, -0.2) is 0 Å². The van der Waals surface area contributed by atoms with E-state index in [1.807, 2.05) is 6.07 Å². The first-order valence-electron chi connectivity index (χ1n) is 5.61. The van der Waals surface area contributed by atoms with Gasteiger partial charge < -0.3 is 5.32 Å². The highest BCUT2D eigenvalue weighted by atomic mass is 19.4. The molecule has 1 nitrogen and oxygen atoms in total. The summed E-state index contributed by atoms with van der Waals surface area (Å²) in [6, 6.07) is 11.3. The van der Waals surface area contributed by atoms with Crippen LogP contribution in [0.5, 0.6) is 0 Å². The Morgan fingerprint density at radius 1 is 0.947 bits per heavy atom. The Bertz CT molecular complexity index is 549. The molecule has 5 heteroatoms. The molecule has 0 aliphatic rings. The molecule has 0 radical (unpaired) electrons. The first kappa shape index (κ1) is 13.4. The fourth-order valence-corrected chi connectivity index (χ4v) is 1.64. The van der Waals surface area contributed by atoms with Crippen LogP contribution in [0.1, 0.15) is 11.1 Å². The number of benzene rings is 2. The quantitative estimate of drug-likeness (QED) is 0.811. The van der Waals surface area contributed by atoms with E-state index in [9.17, 15) is 17.6 Å². The fraction of sp³-hybridized carbons (Fsp3) is 0.143. The van der Waals surface area contributed by atoms with Gasteiger partial charge >= 0.3 is 6.18 Å². The molecule has 2 aromatic carbocycles. The van der Waals surface area contributed by atoms with E-state index in [-0.39, 0.29) is 12.1 Å². The van der Waals surface area contributed by atoms with Gasteiger partial charge in [0.15, 0.2) is 0 Å². The molecule has 19 heavy (non-hydrogen) atoms. The van der Waals surface area contributed by atoms with Gasteiger partial charge in [-0.15, -0.1) is 0 Å². The number of hydrogen-bond donors (Lipinski definition) is 1. The summed E-state index contributed by atoms with van der Waals surface area (Å²) in [4.78, 5) is 0. The van der Waals surface area contributed by atoms with Gasteiger partial charge in [-0.1, -0.05) is 18.2 Å². The highest BCUT2D eigenvalue weighted by molar-refractivity contribution is 5.43. The molecule has 0 unspecified atom stereocenters. The third kappa shape index (κ3) is 3.47. The van der Waals surface area contributed by atoms with Gasteiger partial charge in [0.1, 0.15) is 5.82 Å². The lowest BCUT2D eigenvalue weighted by atomic mass is 10.1. The molecule has 0 aromatic heterocycles. The summed E-state index contributed by atoms with van der Waals surface area (Å²) in [7, 11) is 0. The second-order valence-corrected chi connectivity index (χ2v) is 4.02. The molecule has 0 fully saturated rings. The lowest BCUT2D eigenvalue weighted by Crippen LogP contribution is -2.08. The van der Waals surface area contributed by atoms with Crippen molar-refractivity contribution in [2.24, 2.45) is 0 Å². The predicted molar refractivity (Wildman–Crippen MR) is 65.2 cm³/mol. The van der Waals surface area contributed by atoms with Crippen LogP contribution in [0, 0.1) is 5.82 Å². The van der Waals surface area contributed by atoms with Crippen LogP contribution in [-0.2, 0) is 12.7 Å². The molecule has 2 rings (SSSR count). The maximum Gasteiger partial charge on any atom is 0.416 e. The van der Waals surface area contributed by atoms with E-state index in [1.165, 1.54) is 0 Å². The molecule has 0 atom stereocenters. The first-order valence-corrected chi connectivity index (χ1v) is 5.61. The van der Waals surface area contributed by atoms with Crippen molar-refractivity contribution >= 4 is 5.69 Å². The zero-order valence-electron chi connectivity index (χ0n) is 9.84. The molecule has 0 aliphatic heterocycles. The van der Waals surface area contributed by atoms with Gasteiger partial charge in [0, 0.05) is 17.8 Å². The number of rotatable bonds is 3. The molecule has 100 valence electrons. The van der Waals surface area contributed by atoms with Gasteiger partial charge in [0.05, 0.1) is 5.56 Å². The predicted octanol–water partition coefficient (Wildman–Crippen LogP) is 4.46. The van der Waals surface area contributed by atoms with E-state index < -0.39 is 17.6 Å². The van der Waals surface area contributed by atoms with Crippen molar-refractivity contribution in [3.8, 4) is 0 Å². The minimum atomic E-state index is -4.46. The minimum Gasteiger partial charge on any atom is -0.381 e. The summed E-state index contributed by atoms with van der Waals surface area (Å²) in [5.41, 5.74) is -0.142. The van der Waals surface area contributed by atoms with E-state index in [1.54, 1.807) is 24.3 Å². The summed E-state index contributed by atoms with van der Waals surface area (Å²) < 4.78 is 51.0. The minimum absolute atomic E-state index is 0.000231. The standard InChI is InChI=1S/C14H11F4N/c15-13-7-6-11(14(16,17)18)8-10(13)9-19-12-4-2-1-3-5-12/h1-8,19H,9H2. The Hall–Kier alpha value is -2.04. The number of halogens is 4. The van der Waals surface area contributed by atoms with Crippen molar-refractivity contribution in [2.45, 2.75) is 12.7 Å². The fourth-order valence-electron chi connectivity index (χ4n) is 1.64. The second-order valence-electron chi connectivity index (χ2n) is 4.02. The molecule has 0 spiro atoms. The van der Waals surface area contributed by atoms with Gasteiger partial charge in [-0.25, -0.2) is 4.39 Å². The number of alkyl halides is 3. The molecule has 0 heterocycles. The van der Waals surface area contributed by atoms with Crippen molar-refractivity contribution in [1.29, 1.82) is 0 Å². The third-order valence-corrected chi connectivity index (χ3v) is 2.63. The third-order valence-electron chi connectivity index (χ3n) is 2.63. The van der Waals surface area contributed by atoms with Gasteiger partial charge in [0.2, 0.25) is 0 Å². The van der Waals surface area contributed by atoms with Crippen LogP contribution in [0.25, 0.3) is 0 Å². The number of anilines is 1. The van der Waals surface area contributed by atoms with Crippen molar-refractivity contribution in [3.63, 3.8) is 0 Å². The highest BCUT2D eigenvalue weighted by Gasteiger charge is 2.30. The second kappa shape index (κ2) is 5.30. The smallest absolute Gasteiger partial charge is 0.381 e. The molecule has 0 saturated heterocycles. The maximum absolute atomic E-state index is 13.5. The van der Waals surface area contributed by atoms with Crippen LogP contribution >= 0.6 is 0 Å². The van der Waals surface area contributed by atoms with Crippen LogP contribution in [0.4, 0.5) is 23.2 Å². The average molecular weight is 269 g/mol. The van der Waals surface area contributed by atoms with Crippen molar-refractivity contribution < 1.29 is 17.6 Å². The molecular formula is C14H11F4N. The summed E-state index contributed by atoms with van der Waals surface area (Å²) in [5.74, 6) is -0.656. The van der Waals surface area contributed by atoms with Crippen molar-refractivity contribution in [3.05, 3.63) is 65.5 Å². The Labute approximate surface area is 107 Å². The maximum atomic E-state index is 13.5. The van der Waals surface area contributed by atoms with Gasteiger partial charge in [-0.2, -0.15) is 13.2 Å². The van der Waals surface area contributed by atoms with E-state index in [2.05, 4.69) is 5.32 Å². The van der Waals surface area contributed by atoms with Gasteiger partial charge in [0.25, 0.3) is 0 Å². The summed E-state index contributed by atoms with van der Waals surface area (Å²) in [5, 5.41) is 2.87.